The lowest BCUT2D eigenvalue weighted by Gasteiger charge is -2.12. The van der Waals surface area contributed by atoms with Crippen LogP contribution in [-0.4, -0.2) is 14.6 Å². The maximum absolute atomic E-state index is 13.8. The van der Waals surface area contributed by atoms with E-state index in [1.165, 1.54) is 0 Å². The van der Waals surface area contributed by atoms with Crippen LogP contribution in [-0.2, 0) is 6.18 Å². The van der Waals surface area contributed by atoms with Gasteiger partial charge in [-0.05, 0) is 42.8 Å². The Morgan fingerprint density at radius 1 is 0.964 bits per heavy atom. The van der Waals surface area contributed by atoms with E-state index in [4.69, 9.17) is 11.6 Å². The molecule has 0 unspecified atom stereocenters. The summed E-state index contributed by atoms with van der Waals surface area (Å²) in [5, 5.41) is 4.66. The van der Waals surface area contributed by atoms with E-state index in [1.54, 1.807) is 55.5 Å². The lowest BCUT2D eigenvalue weighted by atomic mass is 10.1. The molecule has 0 fully saturated rings. The Morgan fingerprint density at radius 3 is 2.18 bits per heavy atom. The van der Waals surface area contributed by atoms with Gasteiger partial charge in [0.1, 0.15) is 0 Å². The Bertz CT molecular complexity index is 1170. The second-order valence-electron chi connectivity index (χ2n) is 6.23. The average molecular weight is 467 g/mol. The minimum absolute atomic E-state index is 0.146. The van der Waals surface area contributed by atoms with E-state index in [0.717, 1.165) is 15.1 Å². The molecule has 0 radical (unpaired) electrons. The highest BCUT2D eigenvalue weighted by atomic mass is 79.9. The summed E-state index contributed by atoms with van der Waals surface area (Å²) in [6, 6.07) is 14.8. The van der Waals surface area contributed by atoms with Crippen molar-refractivity contribution in [2.75, 3.05) is 0 Å². The molecule has 0 aliphatic heterocycles. The van der Waals surface area contributed by atoms with Gasteiger partial charge in [-0.2, -0.15) is 18.3 Å². The second kappa shape index (κ2) is 6.90. The van der Waals surface area contributed by atoms with Crippen LogP contribution < -0.4 is 0 Å². The summed E-state index contributed by atoms with van der Waals surface area (Å²) in [5.41, 5.74) is 1.77. The van der Waals surface area contributed by atoms with Gasteiger partial charge in [-0.15, -0.1) is 0 Å². The minimum atomic E-state index is -4.58. The van der Waals surface area contributed by atoms with Crippen LogP contribution in [0, 0.1) is 6.92 Å². The van der Waals surface area contributed by atoms with Crippen LogP contribution >= 0.6 is 27.5 Å². The number of alkyl halides is 3. The summed E-state index contributed by atoms with van der Waals surface area (Å²) in [7, 11) is 0. The molecule has 2 heterocycles. The maximum atomic E-state index is 13.8. The Kier molecular flexibility index (Phi) is 4.67. The van der Waals surface area contributed by atoms with Crippen molar-refractivity contribution in [1.29, 1.82) is 0 Å². The fourth-order valence-electron chi connectivity index (χ4n) is 3.05. The third-order valence-corrected chi connectivity index (χ3v) is 5.11. The number of hydrogen-bond donors (Lipinski definition) is 0. The quantitative estimate of drug-likeness (QED) is 0.325. The summed E-state index contributed by atoms with van der Waals surface area (Å²) in [5.74, 6) is 0. The van der Waals surface area contributed by atoms with Gasteiger partial charge in [0.05, 0.1) is 11.4 Å². The molecule has 8 heteroatoms. The topological polar surface area (TPSA) is 30.2 Å². The lowest BCUT2D eigenvalue weighted by Crippen LogP contribution is -2.13. The number of benzene rings is 2. The molecule has 2 aromatic carbocycles. The Labute approximate surface area is 171 Å². The molecule has 142 valence electrons. The second-order valence-corrected chi connectivity index (χ2v) is 7.59. The van der Waals surface area contributed by atoms with Crippen molar-refractivity contribution in [3.05, 3.63) is 75.5 Å². The number of aromatic nitrogens is 3. The van der Waals surface area contributed by atoms with Crippen molar-refractivity contribution in [3.63, 3.8) is 0 Å². The molecule has 28 heavy (non-hydrogen) atoms. The van der Waals surface area contributed by atoms with Gasteiger partial charge in [0.15, 0.2) is 11.3 Å². The zero-order chi connectivity index (χ0) is 20.1. The van der Waals surface area contributed by atoms with Gasteiger partial charge < -0.3 is 0 Å². The lowest BCUT2D eigenvalue weighted by molar-refractivity contribution is -0.142. The van der Waals surface area contributed by atoms with Crippen molar-refractivity contribution >= 4 is 33.2 Å². The van der Waals surface area contributed by atoms with E-state index in [2.05, 4.69) is 26.0 Å². The van der Waals surface area contributed by atoms with Gasteiger partial charge in [-0.25, -0.2) is 9.50 Å². The number of nitrogens with zero attached hydrogens (tertiary/aromatic N) is 3. The maximum Gasteiger partial charge on any atom is 0.433 e. The molecule has 0 N–H and O–H groups in total. The molecular weight excluding hydrogens is 455 g/mol. The molecule has 0 aliphatic carbocycles. The van der Waals surface area contributed by atoms with Crippen LogP contribution in [0.15, 0.2) is 59.1 Å². The first-order chi connectivity index (χ1) is 13.2. The minimum Gasteiger partial charge on any atom is -0.228 e. The van der Waals surface area contributed by atoms with Crippen LogP contribution in [0.3, 0.4) is 0 Å². The van der Waals surface area contributed by atoms with Crippen molar-refractivity contribution in [3.8, 4) is 22.4 Å². The Morgan fingerprint density at radius 2 is 1.57 bits per heavy atom. The van der Waals surface area contributed by atoms with Crippen LogP contribution in [0.4, 0.5) is 13.2 Å². The third kappa shape index (κ3) is 3.40. The normalized spacial score (nSPS) is 11.9. The van der Waals surface area contributed by atoms with Gasteiger partial charge in [0, 0.05) is 20.6 Å². The summed E-state index contributed by atoms with van der Waals surface area (Å²) < 4.78 is 43.0. The predicted octanol–water partition coefficient (Wildman–Crippen LogP) is 6.81. The van der Waals surface area contributed by atoms with Gasteiger partial charge >= 0.3 is 6.18 Å². The monoisotopic (exact) mass is 465 g/mol. The van der Waals surface area contributed by atoms with Crippen molar-refractivity contribution in [2.24, 2.45) is 0 Å². The molecule has 0 aliphatic rings. The molecule has 0 atom stereocenters. The predicted molar refractivity (Wildman–Crippen MR) is 106 cm³/mol. The van der Waals surface area contributed by atoms with E-state index in [1.807, 2.05) is 0 Å². The van der Waals surface area contributed by atoms with E-state index in [0.29, 0.717) is 27.4 Å². The van der Waals surface area contributed by atoms with Gasteiger partial charge in [0.25, 0.3) is 0 Å². The standard InChI is InChI=1S/C20H12BrClF3N3/c1-11-18(13-4-8-15(22)9-5-13)19-26-16(12-2-6-14(21)7-3-12)10-17(20(23,24)25)28(19)27-11/h2-10H,1H3. The van der Waals surface area contributed by atoms with E-state index in [-0.39, 0.29) is 11.3 Å². The fourth-order valence-corrected chi connectivity index (χ4v) is 3.44. The SMILES string of the molecule is Cc1nn2c(C(F)(F)F)cc(-c3ccc(Br)cc3)nc2c1-c1ccc(Cl)cc1. The van der Waals surface area contributed by atoms with Crippen molar-refractivity contribution in [2.45, 2.75) is 13.1 Å². The number of aryl methyl sites for hydroxylation is 1. The highest BCUT2D eigenvalue weighted by Gasteiger charge is 2.36. The molecule has 4 rings (SSSR count). The highest BCUT2D eigenvalue weighted by molar-refractivity contribution is 9.10. The molecule has 3 nitrogen and oxygen atoms in total. The Balaban J connectivity index is 2.04. The van der Waals surface area contributed by atoms with Crippen LogP contribution in [0.2, 0.25) is 5.02 Å². The fraction of sp³-hybridized carbons (Fsp3) is 0.100. The first-order valence-electron chi connectivity index (χ1n) is 8.23. The van der Waals surface area contributed by atoms with Crippen molar-refractivity contribution in [1.82, 2.24) is 14.6 Å². The van der Waals surface area contributed by atoms with E-state index in [9.17, 15) is 13.2 Å². The first kappa shape index (κ1) is 19.0. The first-order valence-corrected chi connectivity index (χ1v) is 9.40. The molecule has 0 saturated carbocycles. The van der Waals surface area contributed by atoms with Crippen molar-refractivity contribution < 1.29 is 13.2 Å². The zero-order valence-electron chi connectivity index (χ0n) is 14.4. The number of fused-ring (bicyclic) bond motifs is 1. The zero-order valence-corrected chi connectivity index (χ0v) is 16.8. The van der Waals surface area contributed by atoms with E-state index >= 15 is 0 Å². The highest BCUT2D eigenvalue weighted by Crippen LogP contribution is 2.36. The van der Waals surface area contributed by atoms with Gasteiger partial charge in [-0.1, -0.05) is 51.8 Å². The number of halogens is 5. The van der Waals surface area contributed by atoms with Gasteiger partial charge in [-0.3, -0.25) is 0 Å². The molecule has 0 saturated heterocycles. The Hall–Kier alpha value is -2.38. The average Bonchev–Trinajstić information content (AvgIpc) is 2.97. The summed E-state index contributed by atoms with van der Waals surface area (Å²) >= 11 is 9.28. The number of rotatable bonds is 2. The van der Waals surface area contributed by atoms with Crippen LogP contribution in [0.5, 0.6) is 0 Å². The number of hydrogen-bond acceptors (Lipinski definition) is 2. The summed E-state index contributed by atoms with van der Waals surface area (Å²) in [4.78, 5) is 4.52. The van der Waals surface area contributed by atoms with E-state index < -0.39 is 11.9 Å². The molecule has 4 aromatic rings. The largest absolute Gasteiger partial charge is 0.433 e. The van der Waals surface area contributed by atoms with Crippen LogP contribution in [0.1, 0.15) is 11.4 Å². The van der Waals surface area contributed by atoms with Crippen LogP contribution in [0.25, 0.3) is 28.0 Å². The molecule has 0 amide bonds. The molecule has 0 spiro atoms. The third-order valence-electron chi connectivity index (χ3n) is 4.33. The smallest absolute Gasteiger partial charge is 0.228 e. The summed E-state index contributed by atoms with van der Waals surface area (Å²) in [6.45, 7) is 1.66. The molecule has 0 bridgehead atoms. The van der Waals surface area contributed by atoms with Gasteiger partial charge in [0.2, 0.25) is 0 Å². The summed E-state index contributed by atoms with van der Waals surface area (Å²) in [6.07, 6.45) is -4.58. The molecule has 2 aromatic heterocycles. The molecular formula is C20H12BrClF3N3.